The minimum absolute atomic E-state index is 0.0709. The van der Waals surface area contributed by atoms with E-state index < -0.39 is 39.9 Å². The van der Waals surface area contributed by atoms with Crippen molar-refractivity contribution in [1.82, 2.24) is 0 Å². The highest BCUT2D eigenvalue weighted by molar-refractivity contribution is 7.80. The van der Waals surface area contributed by atoms with E-state index in [9.17, 15) is 28.2 Å². The molecule has 0 saturated carbocycles. The second-order valence-electron chi connectivity index (χ2n) is 15.8. The topological polar surface area (TPSA) is 147 Å². The molecule has 52 heavy (non-hydrogen) atoms. The van der Waals surface area contributed by atoms with Crippen molar-refractivity contribution in [3.63, 3.8) is 0 Å². The molecule has 0 aromatic carbocycles. The van der Waals surface area contributed by atoms with E-state index in [0.717, 1.165) is 51.9 Å². The van der Waals surface area contributed by atoms with Crippen LogP contribution in [0.25, 0.3) is 0 Å². The summed E-state index contributed by atoms with van der Waals surface area (Å²) >= 11 is 0. The maximum atomic E-state index is 13.6. The number of aliphatic hydroxyl groups is 2. The van der Waals surface area contributed by atoms with Crippen LogP contribution in [0.5, 0.6) is 0 Å². The van der Waals surface area contributed by atoms with E-state index >= 15 is 0 Å². The summed E-state index contributed by atoms with van der Waals surface area (Å²) in [5.41, 5.74) is -4.89. The third-order valence-corrected chi connectivity index (χ3v) is 11.1. The van der Waals surface area contributed by atoms with E-state index in [2.05, 4.69) is 18.2 Å². The van der Waals surface area contributed by atoms with E-state index in [4.69, 9.17) is 9.44 Å². The number of ketones is 2. The van der Waals surface area contributed by atoms with Gasteiger partial charge in [-0.25, -0.2) is 4.89 Å². The lowest BCUT2D eigenvalue weighted by Crippen LogP contribution is -2.65. The summed E-state index contributed by atoms with van der Waals surface area (Å²) in [5.74, 6) is -1.11. The van der Waals surface area contributed by atoms with Gasteiger partial charge in [0, 0.05) is 19.3 Å². The minimum Gasteiger partial charge on any atom is -0.390 e. The van der Waals surface area contributed by atoms with Gasteiger partial charge in [0.05, 0.1) is 6.10 Å². The summed E-state index contributed by atoms with van der Waals surface area (Å²) in [4.78, 5) is 31.6. The van der Waals surface area contributed by atoms with Gasteiger partial charge >= 0.3 is 10.4 Å². The van der Waals surface area contributed by atoms with Crippen molar-refractivity contribution in [3.8, 4) is 0 Å². The first-order chi connectivity index (χ1) is 24.8. The minimum atomic E-state index is -5.13. The van der Waals surface area contributed by atoms with E-state index in [1.54, 1.807) is 0 Å². The normalized spacial score (nSPS) is 15.0. The zero-order chi connectivity index (χ0) is 39.0. The first-order valence-corrected chi connectivity index (χ1v) is 23.0. The molecule has 0 rings (SSSR count). The van der Waals surface area contributed by atoms with E-state index in [1.807, 2.05) is 0 Å². The van der Waals surface area contributed by atoms with Crippen LogP contribution >= 0.6 is 0 Å². The molecule has 0 amide bonds. The Hall–Kier alpha value is -0.910. The molecule has 0 fully saturated rings. The molecule has 0 bridgehead atoms. The summed E-state index contributed by atoms with van der Waals surface area (Å²) in [6, 6.07) is 0. The van der Waals surface area contributed by atoms with Crippen molar-refractivity contribution < 1.29 is 42.0 Å². The molecule has 0 aliphatic heterocycles. The third-order valence-electron chi connectivity index (χ3n) is 10.9. The van der Waals surface area contributed by atoms with Crippen molar-refractivity contribution in [1.29, 1.82) is 0 Å². The lowest BCUT2D eigenvalue weighted by molar-refractivity contribution is -0.348. The molecule has 0 saturated heterocycles. The highest BCUT2D eigenvalue weighted by atomic mass is 32.3. The Bertz CT molecular complexity index is 971. The van der Waals surface area contributed by atoms with Crippen LogP contribution in [0.2, 0.25) is 0 Å². The monoisotopic (exact) mass is 763 g/mol. The lowest BCUT2D eigenvalue weighted by Gasteiger charge is -2.43. The molecular weight excluding hydrogens is 681 g/mol. The van der Waals surface area contributed by atoms with Crippen LogP contribution in [0.3, 0.4) is 0 Å². The summed E-state index contributed by atoms with van der Waals surface area (Å²) < 4.78 is 35.8. The van der Waals surface area contributed by atoms with Crippen molar-refractivity contribution in [2.24, 2.45) is 0 Å². The van der Waals surface area contributed by atoms with Crippen LogP contribution in [0, 0.1) is 0 Å². The number of hydrogen-bond donors (Lipinski definition) is 3. The fraction of sp³-hybridized carbons (Fsp3) is 0.952. The van der Waals surface area contributed by atoms with Crippen LogP contribution in [-0.2, 0) is 29.2 Å². The Morgan fingerprint density at radius 3 is 1.13 bits per heavy atom. The first kappa shape index (κ1) is 51.1. The average molecular weight is 763 g/mol. The number of rotatable bonds is 40. The smallest absolute Gasteiger partial charge is 0.390 e. The fourth-order valence-electron chi connectivity index (χ4n) is 7.08. The number of carbonyl (C=O) groups is 2. The van der Waals surface area contributed by atoms with Gasteiger partial charge in [0.2, 0.25) is 0 Å². The Kier molecular flexibility index (Phi) is 31.8. The quantitative estimate of drug-likeness (QED) is 0.0240. The van der Waals surface area contributed by atoms with Gasteiger partial charge in [0.15, 0.2) is 17.0 Å². The number of carbonyl (C=O) groups excluding carboxylic acids is 2. The van der Waals surface area contributed by atoms with Crippen molar-refractivity contribution in [3.05, 3.63) is 0 Å². The van der Waals surface area contributed by atoms with Gasteiger partial charge in [0.1, 0.15) is 5.78 Å². The van der Waals surface area contributed by atoms with Crippen LogP contribution < -0.4 is 0 Å². The second kappa shape index (κ2) is 32.3. The molecule has 0 aliphatic rings. The van der Waals surface area contributed by atoms with Crippen molar-refractivity contribution in [2.75, 3.05) is 0 Å². The van der Waals surface area contributed by atoms with Crippen LogP contribution in [0.1, 0.15) is 240 Å². The van der Waals surface area contributed by atoms with Gasteiger partial charge in [0.25, 0.3) is 0 Å². The van der Waals surface area contributed by atoms with Gasteiger partial charge in [-0.05, 0) is 26.7 Å². The highest BCUT2D eigenvalue weighted by Crippen LogP contribution is 2.37. The molecule has 3 atom stereocenters. The molecular formula is C42H82O9S. The van der Waals surface area contributed by atoms with E-state index in [0.29, 0.717) is 12.8 Å². The molecule has 0 radical (unpaired) electrons. The molecule has 9 nitrogen and oxygen atoms in total. The SMILES string of the molecule is CCCCCCCCCCCCCCCCCC(=O)CC(O)(C(=O)CCCCCCCCCCCCCCCCC)C(C)(OOS(=O)(=O)O)C(C)O. The molecule has 0 aromatic rings. The molecule has 0 aliphatic carbocycles. The number of unbranched alkanes of at least 4 members (excludes halogenated alkanes) is 28. The zero-order valence-corrected chi connectivity index (χ0v) is 34.9. The van der Waals surface area contributed by atoms with Crippen LogP contribution in [0.4, 0.5) is 0 Å². The predicted molar refractivity (Wildman–Crippen MR) is 212 cm³/mol. The molecule has 0 aromatic heterocycles. The zero-order valence-electron chi connectivity index (χ0n) is 34.1. The number of Topliss-reactive ketones (excluding diaryl/α,β-unsaturated/α-hetero) is 2. The Labute approximate surface area is 320 Å². The number of aliphatic hydroxyl groups excluding tert-OH is 1. The molecule has 3 N–H and O–H groups in total. The Balaban J connectivity index is 4.66. The Morgan fingerprint density at radius 2 is 0.846 bits per heavy atom. The molecule has 0 heterocycles. The molecule has 310 valence electrons. The molecule has 3 unspecified atom stereocenters. The summed E-state index contributed by atoms with van der Waals surface area (Å²) in [5, 5.41) is 22.3. The van der Waals surface area contributed by atoms with Gasteiger partial charge in [-0.2, -0.15) is 8.42 Å². The Morgan fingerprint density at radius 1 is 0.558 bits per heavy atom. The van der Waals surface area contributed by atoms with Crippen molar-refractivity contribution in [2.45, 2.75) is 257 Å². The van der Waals surface area contributed by atoms with Gasteiger partial charge in [-0.15, -0.1) is 0 Å². The maximum absolute atomic E-state index is 13.6. The third kappa shape index (κ3) is 26.0. The van der Waals surface area contributed by atoms with Crippen LogP contribution in [-0.4, -0.2) is 52.1 Å². The van der Waals surface area contributed by atoms with Crippen molar-refractivity contribution >= 4 is 22.0 Å². The highest BCUT2D eigenvalue weighted by Gasteiger charge is 2.58. The summed E-state index contributed by atoms with van der Waals surface area (Å²) in [6.45, 7) is 6.81. The van der Waals surface area contributed by atoms with Gasteiger partial charge in [-0.1, -0.05) is 198 Å². The lowest BCUT2D eigenvalue weighted by atomic mass is 9.72. The first-order valence-electron chi connectivity index (χ1n) is 21.6. The summed E-state index contributed by atoms with van der Waals surface area (Å²) in [7, 11) is -5.13. The van der Waals surface area contributed by atoms with E-state index in [1.165, 1.54) is 142 Å². The predicted octanol–water partition coefficient (Wildman–Crippen LogP) is 11.7. The molecule has 0 spiro atoms. The van der Waals surface area contributed by atoms with Crippen LogP contribution in [0.15, 0.2) is 0 Å². The standard InChI is InChI=1S/C42H82O9S/c1-5-7-9-11-13-15-17-19-21-23-25-27-29-31-33-35-39(44)37-42(46,41(4,38(3)43)50-51-52(47,48)49)40(45)36-34-32-30-28-26-24-22-20-18-16-14-12-10-8-6-2/h38,43,46H,5-37H2,1-4H3,(H,47,48,49). The average Bonchev–Trinajstić information content (AvgIpc) is 3.09. The largest absolute Gasteiger partial charge is 0.424 e. The van der Waals surface area contributed by atoms with E-state index in [-0.39, 0.29) is 18.6 Å². The maximum Gasteiger partial charge on any atom is 0.424 e. The summed E-state index contributed by atoms with van der Waals surface area (Å²) in [6.07, 6.45) is 33.2. The second-order valence-corrected chi connectivity index (χ2v) is 16.8. The van der Waals surface area contributed by atoms with Gasteiger partial charge in [-0.3, -0.25) is 14.1 Å². The number of hydrogen-bond acceptors (Lipinski definition) is 8. The molecule has 10 heteroatoms. The fourth-order valence-corrected chi connectivity index (χ4v) is 7.31. The van der Waals surface area contributed by atoms with Gasteiger partial charge < -0.3 is 10.2 Å².